The molecule has 0 aliphatic carbocycles. The highest BCUT2D eigenvalue weighted by atomic mass is 32.2. The molecule has 1 amide bonds. The number of benzene rings is 4. The molecule has 4 aromatic carbocycles. The van der Waals surface area contributed by atoms with Crippen LogP contribution in [0.4, 0.5) is 10.1 Å². The molecular formula is C26H19FN4OS. The maximum absolute atomic E-state index is 13.1. The number of aromatic nitrogens is 3. The quantitative estimate of drug-likeness (QED) is 0.322. The van der Waals surface area contributed by atoms with Crippen LogP contribution < -0.4 is 5.32 Å². The Labute approximate surface area is 194 Å². The number of fused-ring (bicyclic) bond motifs is 1. The fourth-order valence-corrected chi connectivity index (χ4v) is 4.38. The minimum atomic E-state index is -0.348. The molecule has 0 saturated carbocycles. The minimum Gasteiger partial charge on any atom is -0.325 e. The van der Waals surface area contributed by atoms with Gasteiger partial charge < -0.3 is 5.32 Å². The lowest BCUT2D eigenvalue weighted by Gasteiger charge is -2.12. The molecule has 7 heteroatoms. The Morgan fingerprint density at radius 1 is 0.848 bits per heavy atom. The van der Waals surface area contributed by atoms with E-state index in [4.69, 9.17) is 0 Å². The van der Waals surface area contributed by atoms with Gasteiger partial charge in [-0.05, 0) is 47.2 Å². The Hall–Kier alpha value is -3.97. The summed E-state index contributed by atoms with van der Waals surface area (Å²) in [6, 6.07) is 29.8. The van der Waals surface area contributed by atoms with Crippen LogP contribution in [0.3, 0.4) is 0 Å². The molecule has 1 aromatic heterocycles. The van der Waals surface area contributed by atoms with Crippen molar-refractivity contribution in [1.82, 2.24) is 14.8 Å². The van der Waals surface area contributed by atoms with Crippen molar-refractivity contribution in [2.75, 3.05) is 11.1 Å². The van der Waals surface area contributed by atoms with E-state index in [-0.39, 0.29) is 17.5 Å². The molecule has 0 aliphatic heterocycles. The van der Waals surface area contributed by atoms with Crippen LogP contribution in [-0.2, 0) is 4.79 Å². The van der Waals surface area contributed by atoms with E-state index in [1.54, 1.807) is 0 Å². The predicted octanol–water partition coefficient (Wildman–Crippen LogP) is 5.96. The van der Waals surface area contributed by atoms with Gasteiger partial charge in [0.15, 0.2) is 11.0 Å². The molecule has 5 rings (SSSR count). The Balaban J connectivity index is 1.48. The summed E-state index contributed by atoms with van der Waals surface area (Å²) >= 11 is 1.30. The van der Waals surface area contributed by atoms with E-state index in [9.17, 15) is 9.18 Å². The van der Waals surface area contributed by atoms with Crippen LogP contribution in [0.1, 0.15) is 0 Å². The van der Waals surface area contributed by atoms with Gasteiger partial charge in [0.2, 0.25) is 5.91 Å². The standard InChI is InChI=1S/C26H19FN4OS/c27-19-13-15-20(16-14-19)28-24(32)17-33-26-30-29-25(31(26)21-9-2-1-3-10-21)23-12-6-8-18-7-4-5-11-22(18)23/h1-16H,17H2,(H,28,32). The van der Waals surface area contributed by atoms with Crippen molar-refractivity contribution in [1.29, 1.82) is 0 Å². The molecule has 0 spiro atoms. The second kappa shape index (κ2) is 9.26. The number of rotatable bonds is 6. The van der Waals surface area contributed by atoms with Gasteiger partial charge in [-0.3, -0.25) is 9.36 Å². The van der Waals surface area contributed by atoms with Crippen LogP contribution in [0.2, 0.25) is 0 Å². The minimum absolute atomic E-state index is 0.137. The first-order valence-corrected chi connectivity index (χ1v) is 11.3. The van der Waals surface area contributed by atoms with Crippen molar-refractivity contribution in [3.8, 4) is 17.1 Å². The second-order valence-corrected chi connectivity index (χ2v) is 8.29. The van der Waals surface area contributed by atoms with Gasteiger partial charge in [-0.15, -0.1) is 10.2 Å². The zero-order chi connectivity index (χ0) is 22.6. The van der Waals surface area contributed by atoms with Crippen LogP contribution >= 0.6 is 11.8 Å². The molecule has 0 unspecified atom stereocenters. The van der Waals surface area contributed by atoms with Gasteiger partial charge in [-0.1, -0.05) is 72.4 Å². The third-order valence-corrected chi connectivity index (χ3v) is 6.07. The van der Waals surface area contributed by atoms with Gasteiger partial charge in [0, 0.05) is 16.9 Å². The number of nitrogens with one attached hydrogen (secondary N) is 1. The maximum atomic E-state index is 13.1. The molecule has 0 radical (unpaired) electrons. The summed E-state index contributed by atoms with van der Waals surface area (Å²) in [6.45, 7) is 0. The Kier molecular flexibility index (Phi) is 5.87. The topological polar surface area (TPSA) is 59.8 Å². The Morgan fingerprint density at radius 3 is 2.39 bits per heavy atom. The zero-order valence-electron chi connectivity index (χ0n) is 17.5. The highest BCUT2D eigenvalue weighted by Crippen LogP contribution is 2.32. The summed E-state index contributed by atoms with van der Waals surface area (Å²) in [4.78, 5) is 12.5. The average molecular weight is 455 g/mol. The fraction of sp³-hybridized carbons (Fsp3) is 0.0385. The number of thioether (sulfide) groups is 1. The fourth-order valence-electron chi connectivity index (χ4n) is 3.63. The summed E-state index contributed by atoms with van der Waals surface area (Å²) in [5.74, 6) is 0.289. The van der Waals surface area contributed by atoms with Crippen molar-refractivity contribution in [2.24, 2.45) is 0 Å². The van der Waals surface area contributed by atoms with Crippen LogP contribution in [0.25, 0.3) is 27.8 Å². The van der Waals surface area contributed by atoms with Crippen molar-refractivity contribution in [2.45, 2.75) is 5.16 Å². The number of hydrogen-bond donors (Lipinski definition) is 1. The van der Waals surface area contributed by atoms with E-state index in [1.165, 1.54) is 36.0 Å². The largest absolute Gasteiger partial charge is 0.325 e. The van der Waals surface area contributed by atoms with Crippen molar-refractivity contribution in [3.05, 3.63) is 103 Å². The van der Waals surface area contributed by atoms with Gasteiger partial charge in [-0.25, -0.2) is 4.39 Å². The van der Waals surface area contributed by atoms with Gasteiger partial charge in [0.05, 0.1) is 5.75 Å². The average Bonchev–Trinajstić information content (AvgIpc) is 3.28. The van der Waals surface area contributed by atoms with Crippen LogP contribution in [0, 0.1) is 5.82 Å². The number of carbonyl (C=O) groups is 1. The number of carbonyl (C=O) groups excluding carboxylic acids is 1. The third-order valence-electron chi connectivity index (χ3n) is 5.14. The molecule has 1 heterocycles. The summed E-state index contributed by atoms with van der Waals surface area (Å²) in [7, 11) is 0. The summed E-state index contributed by atoms with van der Waals surface area (Å²) in [5, 5.41) is 14.5. The van der Waals surface area contributed by atoms with Gasteiger partial charge in [-0.2, -0.15) is 0 Å². The van der Waals surface area contributed by atoms with Gasteiger partial charge in [0.1, 0.15) is 5.82 Å². The van der Waals surface area contributed by atoms with Gasteiger partial charge >= 0.3 is 0 Å². The predicted molar refractivity (Wildman–Crippen MR) is 130 cm³/mol. The molecule has 0 aliphatic rings. The first-order chi connectivity index (χ1) is 16.2. The van der Waals surface area contributed by atoms with E-state index in [1.807, 2.05) is 59.2 Å². The first kappa shape index (κ1) is 20.9. The molecule has 0 atom stereocenters. The molecule has 5 aromatic rings. The normalized spacial score (nSPS) is 10.9. The Bertz CT molecular complexity index is 1410. The number of para-hydroxylation sites is 1. The monoisotopic (exact) mass is 454 g/mol. The van der Waals surface area contributed by atoms with Crippen molar-refractivity contribution in [3.63, 3.8) is 0 Å². The summed E-state index contributed by atoms with van der Waals surface area (Å²) < 4.78 is 15.1. The number of amides is 1. The smallest absolute Gasteiger partial charge is 0.234 e. The molecule has 0 saturated heterocycles. The van der Waals surface area contributed by atoms with E-state index in [0.29, 0.717) is 16.7 Å². The number of anilines is 1. The van der Waals surface area contributed by atoms with E-state index >= 15 is 0 Å². The Morgan fingerprint density at radius 2 is 1.58 bits per heavy atom. The molecule has 1 N–H and O–H groups in total. The zero-order valence-corrected chi connectivity index (χ0v) is 18.3. The first-order valence-electron chi connectivity index (χ1n) is 10.4. The van der Waals surface area contributed by atoms with Crippen molar-refractivity contribution < 1.29 is 9.18 Å². The van der Waals surface area contributed by atoms with E-state index < -0.39 is 0 Å². The highest BCUT2D eigenvalue weighted by Gasteiger charge is 2.18. The van der Waals surface area contributed by atoms with Crippen LogP contribution in [0.5, 0.6) is 0 Å². The second-order valence-electron chi connectivity index (χ2n) is 7.35. The maximum Gasteiger partial charge on any atom is 0.234 e. The summed E-state index contributed by atoms with van der Waals surface area (Å²) in [5.41, 5.74) is 2.42. The lowest BCUT2D eigenvalue weighted by atomic mass is 10.0. The third kappa shape index (κ3) is 4.49. The summed E-state index contributed by atoms with van der Waals surface area (Å²) in [6.07, 6.45) is 0. The number of halogens is 1. The molecular weight excluding hydrogens is 435 g/mol. The lowest BCUT2D eigenvalue weighted by Crippen LogP contribution is -2.14. The molecule has 162 valence electrons. The van der Waals surface area contributed by atoms with E-state index in [2.05, 4.69) is 33.7 Å². The molecule has 33 heavy (non-hydrogen) atoms. The number of hydrogen-bond acceptors (Lipinski definition) is 4. The molecule has 0 fully saturated rings. The number of nitrogens with zero attached hydrogens (tertiary/aromatic N) is 3. The lowest BCUT2D eigenvalue weighted by molar-refractivity contribution is -0.113. The highest BCUT2D eigenvalue weighted by molar-refractivity contribution is 7.99. The molecule has 0 bridgehead atoms. The van der Waals surface area contributed by atoms with Crippen LogP contribution in [-0.4, -0.2) is 26.4 Å². The van der Waals surface area contributed by atoms with Gasteiger partial charge in [0.25, 0.3) is 0 Å². The molecule has 5 nitrogen and oxygen atoms in total. The van der Waals surface area contributed by atoms with E-state index in [0.717, 1.165) is 22.0 Å². The SMILES string of the molecule is O=C(CSc1nnc(-c2cccc3ccccc23)n1-c1ccccc1)Nc1ccc(F)cc1. The van der Waals surface area contributed by atoms with Crippen molar-refractivity contribution >= 4 is 34.1 Å². The van der Waals surface area contributed by atoms with Crippen LogP contribution in [0.15, 0.2) is 102 Å².